The molecule has 0 aromatic carbocycles. The van der Waals surface area contributed by atoms with Gasteiger partial charge in [-0.25, -0.2) is 4.39 Å². The van der Waals surface area contributed by atoms with Crippen molar-refractivity contribution in [1.29, 1.82) is 0 Å². The maximum Gasteiger partial charge on any atom is 0.158 e. The van der Waals surface area contributed by atoms with E-state index >= 15 is 4.39 Å². The van der Waals surface area contributed by atoms with Crippen molar-refractivity contribution in [3.8, 4) is 0 Å². The molecule has 3 fully saturated rings. The minimum atomic E-state index is -1.71. The number of hydrogen-bond donors (Lipinski definition) is 2. The molecule has 4 aliphatic rings. The Morgan fingerprint density at radius 2 is 1.84 bits per heavy atom. The summed E-state index contributed by atoms with van der Waals surface area (Å²) >= 11 is 0. The summed E-state index contributed by atoms with van der Waals surface area (Å²) in [6.45, 7) is 7.68. The molecule has 0 aromatic rings. The second-order valence-electron chi connectivity index (χ2n) is 9.98. The SMILES string of the molecule is CC1C[C@@]2(C)C(=CC1=O)CC[C@H]1[C@@H]3CC[C@](C)(O)[C@@]3(C)C[C@H](O)[C@@]12F. The number of fused-ring (bicyclic) bond motifs is 5. The van der Waals surface area contributed by atoms with E-state index in [0.717, 1.165) is 18.4 Å². The quantitative estimate of drug-likeness (QED) is 0.702. The van der Waals surface area contributed by atoms with Crippen LogP contribution in [0.25, 0.3) is 0 Å². The van der Waals surface area contributed by atoms with Crippen LogP contribution in [0.2, 0.25) is 0 Å². The van der Waals surface area contributed by atoms with E-state index < -0.39 is 28.2 Å². The Labute approximate surface area is 149 Å². The lowest BCUT2D eigenvalue weighted by molar-refractivity contribution is -0.226. The van der Waals surface area contributed by atoms with Gasteiger partial charge >= 0.3 is 0 Å². The number of ketones is 1. The molecule has 4 rings (SSSR count). The van der Waals surface area contributed by atoms with Gasteiger partial charge in [0.2, 0.25) is 0 Å². The third kappa shape index (κ3) is 1.91. The van der Waals surface area contributed by atoms with Crippen LogP contribution in [0.5, 0.6) is 0 Å². The highest BCUT2D eigenvalue weighted by Gasteiger charge is 2.72. The van der Waals surface area contributed by atoms with Crippen molar-refractivity contribution in [3.63, 3.8) is 0 Å². The molecule has 0 saturated heterocycles. The number of hydrogen-bond acceptors (Lipinski definition) is 3. The van der Waals surface area contributed by atoms with Crippen molar-refractivity contribution in [2.24, 2.45) is 28.6 Å². The fourth-order valence-corrected chi connectivity index (χ4v) is 7.11. The number of allylic oxidation sites excluding steroid dienone is 1. The van der Waals surface area contributed by atoms with Crippen molar-refractivity contribution < 1.29 is 19.4 Å². The van der Waals surface area contributed by atoms with Crippen LogP contribution in [0, 0.1) is 28.6 Å². The second-order valence-corrected chi connectivity index (χ2v) is 9.98. The molecule has 3 nitrogen and oxygen atoms in total. The molecule has 0 spiro atoms. The molecule has 2 N–H and O–H groups in total. The lowest BCUT2D eigenvalue weighted by Crippen LogP contribution is -2.68. The van der Waals surface area contributed by atoms with Gasteiger partial charge in [-0.05, 0) is 57.4 Å². The van der Waals surface area contributed by atoms with E-state index in [1.165, 1.54) is 0 Å². The minimum absolute atomic E-state index is 0.0854. The maximum atomic E-state index is 16.8. The molecule has 8 atom stereocenters. The minimum Gasteiger partial charge on any atom is -0.390 e. The number of aliphatic hydroxyl groups excluding tert-OH is 1. The van der Waals surface area contributed by atoms with Gasteiger partial charge in [0.15, 0.2) is 5.78 Å². The van der Waals surface area contributed by atoms with Gasteiger partial charge in [0.1, 0.15) is 5.67 Å². The molecular weight excluding hydrogens is 319 g/mol. The summed E-state index contributed by atoms with van der Waals surface area (Å²) in [7, 11) is 0. The zero-order valence-electron chi connectivity index (χ0n) is 15.8. The molecule has 4 aliphatic carbocycles. The second kappa shape index (κ2) is 4.95. The highest BCUT2D eigenvalue weighted by molar-refractivity contribution is 5.93. The molecule has 0 heterocycles. The predicted molar refractivity (Wildman–Crippen MR) is 93.6 cm³/mol. The molecule has 0 aliphatic heterocycles. The van der Waals surface area contributed by atoms with Crippen LogP contribution in [-0.2, 0) is 4.79 Å². The van der Waals surface area contributed by atoms with Crippen LogP contribution < -0.4 is 0 Å². The topological polar surface area (TPSA) is 57.5 Å². The van der Waals surface area contributed by atoms with Gasteiger partial charge in [-0.15, -0.1) is 0 Å². The third-order valence-corrected chi connectivity index (χ3v) is 8.91. The number of carbonyl (C=O) groups is 1. The van der Waals surface area contributed by atoms with Gasteiger partial charge in [0.05, 0.1) is 11.7 Å². The highest BCUT2D eigenvalue weighted by Crippen LogP contribution is 2.70. The van der Waals surface area contributed by atoms with Crippen LogP contribution in [0.1, 0.15) is 66.2 Å². The monoisotopic (exact) mass is 350 g/mol. The van der Waals surface area contributed by atoms with Crippen molar-refractivity contribution >= 4 is 5.78 Å². The molecule has 0 radical (unpaired) electrons. The van der Waals surface area contributed by atoms with Gasteiger partial charge in [-0.3, -0.25) is 4.79 Å². The molecule has 140 valence electrons. The third-order valence-electron chi connectivity index (χ3n) is 8.91. The molecule has 3 saturated carbocycles. The van der Waals surface area contributed by atoms with E-state index in [1.54, 1.807) is 6.08 Å². The Morgan fingerprint density at radius 1 is 1.16 bits per heavy atom. The molecule has 0 amide bonds. The fourth-order valence-electron chi connectivity index (χ4n) is 7.11. The van der Waals surface area contributed by atoms with Gasteiger partial charge in [-0.2, -0.15) is 0 Å². The van der Waals surface area contributed by atoms with Gasteiger partial charge in [-0.1, -0.05) is 26.3 Å². The van der Waals surface area contributed by atoms with Gasteiger partial charge in [0.25, 0.3) is 0 Å². The summed E-state index contributed by atoms with van der Waals surface area (Å²) in [6, 6.07) is 0. The van der Waals surface area contributed by atoms with Crippen molar-refractivity contribution in [3.05, 3.63) is 11.6 Å². The Morgan fingerprint density at radius 3 is 2.52 bits per heavy atom. The summed E-state index contributed by atoms with van der Waals surface area (Å²) in [6.07, 6.45) is 4.21. The average Bonchev–Trinajstić information content (AvgIpc) is 2.74. The largest absolute Gasteiger partial charge is 0.390 e. The van der Waals surface area contributed by atoms with Crippen LogP contribution in [0.15, 0.2) is 11.6 Å². The number of rotatable bonds is 0. The Kier molecular flexibility index (Phi) is 3.50. The molecule has 0 aromatic heterocycles. The Bertz CT molecular complexity index is 656. The van der Waals surface area contributed by atoms with Crippen LogP contribution >= 0.6 is 0 Å². The summed E-state index contributed by atoms with van der Waals surface area (Å²) in [5, 5.41) is 22.0. The fraction of sp³-hybridized carbons (Fsp3) is 0.857. The highest BCUT2D eigenvalue weighted by atomic mass is 19.1. The molecular formula is C21H31FO3. The predicted octanol–water partition coefficient (Wildman–Crippen LogP) is 3.58. The van der Waals surface area contributed by atoms with E-state index in [1.807, 2.05) is 27.7 Å². The molecule has 0 bridgehead atoms. The van der Waals surface area contributed by atoms with Crippen LogP contribution in [-0.4, -0.2) is 33.4 Å². The van der Waals surface area contributed by atoms with E-state index in [2.05, 4.69) is 0 Å². The van der Waals surface area contributed by atoms with E-state index in [9.17, 15) is 15.0 Å². The zero-order chi connectivity index (χ0) is 18.4. The van der Waals surface area contributed by atoms with Crippen LogP contribution in [0.3, 0.4) is 0 Å². The smallest absolute Gasteiger partial charge is 0.158 e. The number of halogens is 1. The van der Waals surface area contributed by atoms with Gasteiger partial charge < -0.3 is 10.2 Å². The van der Waals surface area contributed by atoms with Crippen LogP contribution in [0.4, 0.5) is 4.39 Å². The summed E-state index contributed by atoms with van der Waals surface area (Å²) < 4.78 is 16.8. The molecule has 1 unspecified atom stereocenters. The van der Waals surface area contributed by atoms with E-state index in [0.29, 0.717) is 25.7 Å². The number of aliphatic hydroxyl groups is 2. The average molecular weight is 350 g/mol. The summed E-state index contributed by atoms with van der Waals surface area (Å²) in [5.74, 6) is -0.277. The first-order valence-corrected chi connectivity index (χ1v) is 9.81. The van der Waals surface area contributed by atoms with Crippen molar-refractivity contribution in [2.45, 2.75) is 83.6 Å². The zero-order valence-corrected chi connectivity index (χ0v) is 15.8. The summed E-state index contributed by atoms with van der Waals surface area (Å²) in [4.78, 5) is 12.2. The number of alkyl halides is 1. The Balaban J connectivity index is 1.83. The first kappa shape index (κ1) is 17.7. The lowest BCUT2D eigenvalue weighted by Gasteiger charge is -2.63. The van der Waals surface area contributed by atoms with E-state index in [4.69, 9.17) is 0 Å². The van der Waals surface area contributed by atoms with Crippen molar-refractivity contribution in [1.82, 2.24) is 0 Å². The van der Waals surface area contributed by atoms with Gasteiger partial charge in [0, 0.05) is 22.7 Å². The number of carbonyl (C=O) groups excluding carboxylic acids is 1. The normalized spacial score (nSPS) is 58.2. The van der Waals surface area contributed by atoms with E-state index in [-0.39, 0.29) is 23.5 Å². The molecule has 25 heavy (non-hydrogen) atoms. The molecule has 4 heteroatoms. The maximum absolute atomic E-state index is 16.8. The first-order chi connectivity index (χ1) is 11.5. The summed E-state index contributed by atoms with van der Waals surface area (Å²) in [5.41, 5.74) is -2.90. The Hall–Kier alpha value is -0.740. The lowest BCUT2D eigenvalue weighted by atomic mass is 9.43. The first-order valence-electron chi connectivity index (χ1n) is 9.81. The standard InChI is InChI=1S/C21H31FO3/c1-12-10-18(2)13(9-16(12)23)5-6-15-14-7-8-20(4,25)19(14,3)11-17(24)21(15,18)22/h9,12,14-15,17,24-25H,5-8,10-11H2,1-4H3/t12?,14-,15-,17-,18-,19-,20-,21-/m0/s1. The van der Waals surface area contributed by atoms with Crippen molar-refractivity contribution in [2.75, 3.05) is 0 Å².